The first-order valence-corrected chi connectivity index (χ1v) is 7.60. The van der Waals surface area contributed by atoms with Gasteiger partial charge in [0.05, 0.1) is 6.21 Å². The predicted octanol–water partition coefficient (Wildman–Crippen LogP) is 2.40. The normalized spacial score (nSPS) is 10.6. The van der Waals surface area contributed by atoms with E-state index in [1.807, 2.05) is 54.6 Å². The van der Waals surface area contributed by atoms with Gasteiger partial charge in [-0.25, -0.2) is 5.43 Å². The highest BCUT2D eigenvalue weighted by atomic mass is 16.2. The van der Waals surface area contributed by atoms with E-state index >= 15 is 0 Å². The first kappa shape index (κ1) is 17.2. The zero-order valence-corrected chi connectivity index (χ0v) is 13.6. The summed E-state index contributed by atoms with van der Waals surface area (Å²) in [5, 5.41) is 9.54. The fraction of sp³-hybridized carbons (Fsp3) is 0.167. The van der Waals surface area contributed by atoms with Gasteiger partial charge in [-0.05, 0) is 43.7 Å². The summed E-state index contributed by atoms with van der Waals surface area (Å²) >= 11 is 0. The highest BCUT2D eigenvalue weighted by molar-refractivity contribution is 6.35. The topological polar surface area (TPSA) is 82.6 Å². The molecule has 0 radical (unpaired) electrons. The summed E-state index contributed by atoms with van der Waals surface area (Å²) in [5.41, 5.74) is 4.94. The lowest BCUT2D eigenvalue weighted by atomic mass is 10.2. The van der Waals surface area contributed by atoms with E-state index in [2.05, 4.69) is 21.2 Å². The molecule has 3 N–H and O–H groups in total. The summed E-state index contributed by atoms with van der Waals surface area (Å²) < 4.78 is 0. The van der Waals surface area contributed by atoms with Crippen molar-refractivity contribution in [1.29, 1.82) is 0 Å². The van der Waals surface area contributed by atoms with E-state index in [0.29, 0.717) is 0 Å². The van der Waals surface area contributed by atoms with E-state index in [1.54, 1.807) is 13.8 Å². The Morgan fingerprint density at radius 2 is 1.54 bits per heavy atom. The summed E-state index contributed by atoms with van der Waals surface area (Å²) in [5.74, 6) is -1.49. The van der Waals surface area contributed by atoms with Crippen molar-refractivity contribution in [3.05, 3.63) is 60.2 Å². The first-order valence-electron chi connectivity index (χ1n) is 7.60. The molecule has 0 spiro atoms. The summed E-state index contributed by atoms with van der Waals surface area (Å²) in [7, 11) is 0. The molecule has 0 aliphatic heterocycles. The summed E-state index contributed by atoms with van der Waals surface area (Å²) in [6, 6.07) is 17.3. The fourth-order valence-electron chi connectivity index (χ4n) is 1.88. The quantitative estimate of drug-likeness (QED) is 0.449. The number of hydrogen-bond donors (Lipinski definition) is 3. The molecule has 2 amide bonds. The van der Waals surface area contributed by atoms with Crippen molar-refractivity contribution in [1.82, 2.24) is 10.7 Å². The Kier molecular flexibility index (Phi) is 6.08. The second-order valence-corrected chi connectivity index (χ2v) is 5.44. The van der Waals surface area contributed by atoms with Crippen LogP contribution in [0.2, 0.25) is 0 Å². The van der Waals surface area contributed by atoms with Gasteiger partial charge in [0, 0.05) is 17.4 Å². The summed E-state index contributed by atoms with van der Waals surface area (Å²) in [6.07, 6.45) is 1.48. The van der Waals surface area contributed by atoms with Crippen LogP contribution in [0.15, 0.2) is 59.7 Å². The maximum absolute atomic E-state index is 11.5. The maximum Gasteiger partial charge on any atom is 0.329 e. The second kappa shape index (κ2) is 8.47. The van der Waals surface area contributed by atoms with Gasteiger partial charge >= 0.3 is 11.8 Å². The number of amides is 2. The minimum atomic E-state index is -0.790. The van der Waals surface area contributed by atoms with Crippen molar-refractivity contribution in [2.24, 2.45) is 5.10 Å². The van der Waals surface area contributed by atoms with E-state index in [-0.39, 0.29) is 6.04 Å². The van der Waals surface area contributed by atoms with Gasteiger partial charge in [0.2, 0.25) is 0 Å². The number of nitrogens with one attached hydrogen (secondary N) is 3. The molecule has 2 aromatic carbocycles. The van der Waals surface area contributed by atoms with E-state index in [0.717, 1.165) is 16.9 Å². The monoisotopic (exact) mass is 324 g/mol. The molecule has 6 nitrogen and oxygen atoms in total. The number of carbonyl (C=O) groups is 2. The molecule has 0 unspecified atom stereocenters. The lowest BCUT2D eigenvalue weighted by Crippen LogP contribution is -2.41. The van der Waals surface area contributed by atoms with Crippen LogP contribution in [0.1, 0.15) is 19.4 Å². The molecule has 0 fully saturated rings. The molecular formula is C18H20N4O2. The SMILES string of the molecule is CC(C)NC(=O)C(=O)N/N=C\c1ccc(Nc2ccccc2)cc1. The molecular weight excluding hydrogens is 304 g/mol. The van der Waals surface area contributed by atoms with Crippen LogP contribution in [0.3, 0.4) is 0 Å². The molecule has 24 heavy (non-hydrogen) atoms. The number of rotatable bonds is 5. The van der Waals surface area contributed by atoms with Crippen LogP contribution in [0, 0.1) is 0 Å². The summed E-state index contributed by atoms with van der Waals surface area (Å²) in [4.78, 5) is 22.9. The smallest absolute Gasteiger partial charge is 0.329 e. The minimum absolute atomic E-state index is 0.100. The highest BCUT2D eigenvalue weighted by Gasteiger charge is 2.12. The van der Waals surface area contributed by atoms with E-state index < -0.39 is 11.8 Å². The molecule has 0 saturated heterocycles. The molecule has 124 valence electrons. The van der Waals surface area contributed by atoms with Crippen molar-refractivity contribution < 1.29 is 9.59 Å². The van der Waals surface area contributed by atoms with Crippen LogP contribution in [0.4, 0.5) is 11.4 Å². The van der Waals surface area contributed by atoms with E-state index in [4.69, 9.17) is 0 Å². The number of benzene rings is 2. The standard InChI is InChI=1S/C18H20N4O2/c1-13(2)20-17(23)18(24)22-19-12-14-8-10-16(11-9-14)21-15-6-4-3-5-7-15/h3-13,21H,1-2H3,(H,20,23)(H,22,24)/b19-12-. The Hall–Kier alpha value is -3.15. The molecule has 6 heteroatoms. The number of nitrogens with zero attached hydrogens (tertiary/aromatic N) is 1. The minimum Gasteiger partial charge on any atom is -0.356 e. The van der Waals surface area contributed by atoms with Gasteiger partial charge in [-0.3, -0.25) is 9.59 Å². The van der Waals surface area contributed by atoms with Crippen molar-refractivity contribution in [3.63, 3.8) is 0 Å². The highest BCUT2D eigenvalue weighted by Crippen LogP contribution is 2.15. The van der Waals surface area contributed by atoms with Gasteiger partial charge in [0.15, 0.2) is 0 Å². The zero-order chi connectivity index (χ0) is 17.4. The van der Waals surface area contributed by atoms with Crippen LogP contribution >= 0.6 is 0 Å². The average Bonchev–Trinajstić information content (AvgIpc) is 2.56. The van der Waals surface area contributed by atoms with E-state index in [1.165, 1.54) is 6.21 Å². The summed E-state index contributed by atoms with van der Waals surface area (Å²) in [6.45, 7) is 3.55. The van der Waals surface area contributed by atoms with Crippen LogP contribution in [0.5, 0.6) is 0 Å². The molecule has 2 aromatic rings. The molecule has 0 aliphatic rings. The van der Waals surface area contributed by atoms with Gasteiger partial charge in [-0.1, -0.05) is 30.3 Å². The van der Waals surface area contributed by atoms with Gasteiger partial charge in [-0.15, -0.1) is 0 Å². The van der Waals surface area contributed by atoms with Crippen molar-refractivity contribution in [2.75, 3.05) is 5.32 Å². The van der Waals surface area contributed by atoms with Gasteiger partial charge < -0.3 is 10.6 Å². The molecule has 0 bridgehead atoms. The maximum atomic E-state index is 11.5. The Balaban J connectivity index is 1.87. The Morgan fingerprint density at radius 3 is 2.17 bits per heavy atom. The van der Waals surface area contributed by atoms with Gasteiger partial charge in [0.25, 0.3) is 0 Å². The largest absolute Gasteiger partial charge is 0.356 e. The molecule has 0 saturated carbocycles. The van der Waals surface area contributed by atoms with Crippen molar-refractivity contribution in [3.8, 4) is 0 Å². The first-order chi connectivity index (χ1) is 11.5. The van der Waals surface area contributed by atoms with Crippen LogP contribution in [-0.4, -0.2) is 24.1 Å². The number of carbonyl (C=O) groups excluding carboxylic acids is 2. The lowest BCUT2D eigenvalue weighted by Gasteiger charge is -2.06. The van der Waals surface area contributed by atoms with Crippen LogP contribution < -0.4 is 16.1 Å². The third-order valence-corrected chi connectivity index (χ3v) is 2.98. The fourth-order valence-corrected chi connectivity index (χ4v) is 1.88. The number of hydrogen-bond acceptors (Lipinski definition) is 4. The van der Waals surface area contributed by atoms with Crippen LogP contribution in [-0.2, 0) is 9.59 Å². The molecule has 0 heterocycles. The average molecular weight is 324 g/mol. The Morgan fingerprint density at radius 1 is 0.917 bits per heavy atom. The van der Waals surface area contributed by atoms with Gasteiger partial charge in [-0.2, -0.15) is 5.10 Å². The number of para-hydroxylation sites is 1. The number of hydrazone groups is 1. The zero-order valence-electron chi connectivity index (χ0n) is 13.6. The predicted molar refractivity (Wildman–Crippen MR) is 95.2 cm³/mol. The number of anilines is 2. The van der Waals surface area contributed by atoms with Crippen molar-refractivity contribution >= 4 is 29.4 Å². The molecule has 0 aromatic heterocycles. The second-order valence-electron chi connectivity index (χ2n) is 5.44. The Labute approximate surface area is 141 Å². The lowest BCUT2D eigenvalue weighted by molar-refractivity contribution is -0.139. The van der Waals surface area contributed by atoms with Crippen LogP contribution in [0.25, 0.3) is 0 Å². The molecule has 2 rings (SSSR count). The third-order valence-electron chi connectivity index (χ3n) is 2.98. The molecule has 0 atom stereocenters. The Bertz CT molecular complexity index is 710. The van der Waals surface area contributed by atoms with E-state index in [9.17, 15) is 9.59 Å². The van der Waals surface area contributed by atoms with Crippen molar-refractivity contribution in [2.45, 2.75) is 19.9 Å². The van der Waals surface area contributed by atoms with Gasteiger partial charge in [0.1, 0.15) is 0 Å². The third kappa shape index (κ3) is 5.57. The molecule has 0 aliphatic carbocycles.